The van der Waals surface area contributed by atoms with Gasteiger partial charge in [0.25, 0.3) is 0 Å². The van der Waals surface area contributed by atoms with Crippen LogP contribution in [0.5, 0.6) is 0 Å². The van der Waals surface area contributed by atoms with E-state index in [0.717, 1.165) is 18.8 Å². The maximum Gasteiger partial charge on any atom is 0.333 e. The van der Waals surface area contributed by atoms with Gasteiger partial charge in [-0.05, 0) is 6.42 Å². The van der Waals surface area contributed by atoms with Crippen LogP contribution in [0.2, 0.25) is 0 Å². The van der Waals surface area contributed by atoms with Crippen LogP contribution in [0.25, 0.3) is 0 Å². The summed E-state index contributed by atoms with van der Waals surface area (Å²) < 4.78 is 6.69. The van der Waals surface area contributed by atoms with Gasteiger partial charge in [-0.25, -0.2) is 9.78 Å². The second-order valence-corrected chi connectivity index (χ2v) is 3.98. The molecule has 0 saturated carbocycles. The number of carbonyl (C=O) groups is 1. The number of aromatic nitrogens is 2. The van der Waals surface area contributed by atoms with E-state index in [0.29, 0.717) is 18.5 Å². The van der Waals surface area contributed by atoms with Crippen LogP contribution >= 0.6 is 0 Å². The molecule has 18 heavy (non-hydrogen) atoms. The Morgan fingerprint density at radius 2 is 2.39 bits per heavy atom. The fraction of sp³-hybridized carbons (Fsp3) is 0.538. The summed E-state index contributed by atoms with van der Waals surface area (Å²) in [6, 6.07) is 0. The van der Waals surface area contributed by atoms with E-state index in [9.17, 15) is 4.79 Å². The van der Waals surface area contributed by atoms with Gasteiger partial charge in [-0.3, -0.25) is 0 Å². The highest BCUT2D eigenvalue weighted by Crippen LogP contribution is 2.01. The number of nitrogens with zero attached hydrogens (tertiary/aromatic N) is 2. The van der Waals surface area contributed by atoms with Gasteiger partial charge in [0.15, 0.2) is 0 Å². The number of aryl methyl sites for hydroxylation is 1. The van der Waals surface area contributed by atoms with Gasteiger partial charge in [0.2, 0.25) is 0 Å². The minimum absolute atomic E-state index is 0.247. The van der Waals surface area contributed by atoms with E-state index in [2.05, 4.69) is 15.0 Å². The van der Waals surface area contributed by atoms with E-state index in [-0.39, 0.29) is 5.97 Å². The lowest BCUT2D eigenvalue weighted by atomic mass is 10.2. The van der Waals surface area contributed by atoms with Crippen LogP contribution < -0.4 is 5.32 Å². The van der Waals surface area contributed by atoms with Crippen molar-refractivity contribution in [2.45, 2.75) is 19.8 Å². The van der Waals surface area contributed by atoms with Crippen LogP contribution in [0.1, 0.15) is 19.2 Å². The normalized spacial score (nSPS) is 11.6. The monoisotopic (exact) mass is 251 g/mol. The Hall–Kier alpha value is -1.62. The first-order valence-corrected chi connectivity index (χ1v) is 6.13. The molecule has 1 heterocycles. The van der Waals surface area contributed by atoms with Gasteiger partial charge < -0.3 is 14.6 Å². The number of carbonyl (C=O) groups excluding carboxylic acids is 1. The van der Waals surface area contributed by atoms with Gasteiger partial charge in [-0.1, -0.05) is 13.0 Å². The second kappa shape index (κ2) is 7.66. The van der Waals surface area contributed by atoms with Crippen molar-refractivity contribution < 1.29 is 9.53 Å². The first-order chi connectivity index (χ1) is 8.69. The van der Waals surface area contributed by atoms with Gasteiger partial charge in [0, 0.05) is 44.5 Å². The highest BCUT2D eigenvalue weighted by atomic mass is 16.5. The number of ether oxygens (including phenoxy) is 1. The molecule has 0 aliphatic heterocycles. The van der Waals surface area contributed by atoms with Gasteiger partial charge in [0.1, 0.15) is 5.82 Å². The molecule has 0 aliphatic rings. The maximum atomic E-state index is 11.3. The summed E-state index contributed by atoms with van der Waals surface area (Å²) in [5.74, 6) is 0.804. The average Bonchev–Trinajstić information content (AvgIpc) is 2.78. The second-order valence-electron chi connectivity index (χ2n) is 3.98. The predicted octanol–water partition coefficient (Wildman–Crippen LogP) is 1.06. The molecule has 0 unspecified atom stereocenters. The Morgan fingerprint density at radius 3 is 2.94 bits per heavy atom. The highest BCUT2D eigenvalue weighted by Gasteiger charge is 2.05. The number of esters is 1. The third-order valence-electron chi connectivity index (χ3n) is 2.77. The van der Waals surface area contributed by atoms with Crippen molar-refractivity contribution in [1.29, 1.82) is 0 Å². The van der Waals surface area contributed by atoms with Crippen LogP contribution in [0.4, 0.5) is 0 Å². The SMILES string of the molecule is CC/C(=C/CNCCc1nccn1C)C(=O)OC. The molecule has 0 bridgehead atoms. The fourth-order valence-corrected chi connectivity index (χ4v) is 1.64. The topological polar surface area (TPSA) is 56.2 Å². The number of nitrogens with one attached hydrogen (secondary N) is 1. The zero-order valence-corrected chi connectivity index (χ0v) is 11.3. The minimum atomic E-state index is -0.247. The van der Waals surface area contributed by atoms with Crippen LogP contribution in [-0.2, 0) is 23.0 Å². The third-order valence-corrected chi connectivity index (χ3v) is 2.77. The predicted molar refractivity (Wildman–Crippen MR) is 70.2 cm³/mol. The van der Waals surface area contributed by atoms with Crippen molar-refractivity contribution >= 4 is 5.97 Å². The Bertz CT molecular complexity index is 410. The molecule has 0 spiro atoms. The molecule has 1 aromatic rings. The van der Waals surface area contributed by atoms with E-state index in [1.54, 1.807) is 6.20 Å². The Balaban J connectivity index is 2.27. The van der Waals surface area contributed by atoms with Gasteiger partial charge in [-0.15, -0.1) is 0 Å². The maximum absolute atomic E-state index is 11.3. The fourth-order valence-electron chi connectivity index (χ4n) is 1.64. The van der Waals surface area contributed by atoms with Gasteiger partial charge in [0.05, 0.1) is 7.11 Å². The van der Waals surface area contributed by atoms with E-state index >= 15 is 0 Å². The van der Waals surface area contributed by atoms with E-state index in [4.69, 9.17) is 0 Å². The lowest BCUT2D eigenvalue weighted by Crippen LogP contribution is -2.19. The first-order valence-electron chi connectivity index (χ1n) is 6.13. The largest absolute Gasteiger partial charge is 0.466 e. The number of hydrogen-bond donors (Lipinski definition) is 1. The zero-order chi connectivity index (χ0) is 13.4. The molecule has 0 aliphatic carbocycles. The molecule has 1 N–H and O–H groups in total. The Kier molecular flexibility index (Phi) is 6.14. The van der Waals surface area contributed by atoms with Crippen molar-refractivity contribution in [3.8, 4) is 0 Å². The molecule has 0 aromatic carbocycles. The number of methoxy groups -OCH3 is 1. The average molecular weight is 251 g/mol. The quantitative estimate of drug-likeness (QED) is 0.447. The van der Waals surface area contributed by atoms with Gasteiger partial charge >= 0.3 is 5.97 Å². The molecule has 0 saturated heterocycles. The van der Waals surface area contributed by atoms with Crippen LogP contribution in [0.15, 0.2) is 24.0 Å². The van der Waals surface area contributed by atoms with Crippen molar-refractivity contribution in [2.24, 2.45) is 7.05 Å². The smallest absolute Gasteiger partial charge is 0.333 e. The molecule has 0 amide bonds. The first kappa shape index (κ1) is 14.4. The van der Waals surface area contributed by atoms with Crippen molar-refractivity contribution in [3.63, 3.8) is 0 Å². The number of imidazole rings is 1. The van der Waals surface area contributed by atoms with Crippen LogP contribution in [0.3, 0.4) is 0 Å². The summed E-state index contributed by atoms with van der Waals surface area (Å²) in [4.78, 5) is 15.5. The zero-order valence-electron chi connectivity index (χ0n) is 11.3. The molecule has 100 valence electrons. The Morgan fingerprint density at radius 1 is 1.61 bits per heavy atom. The molecule has 5 heteroatoms. The standard InChI is InChI=1S/C13H21N3O2/c1-4-11(13(17)18-3)5-7-14-8-6-12-15-9-10-16(12)2/h5,9-10,14H,4,6-8H2,1-3H3/b11-5-. The molecule has 0 fully saturated rings. The third kappa shape index (κ3) is 4.33. The van der Waals surface area contributed by atoms with Crippen molar-refractivity contribution in [2.75, 3.05) is 20.2 Å². The molecule has 0 radical (unpaired) electrons. The molecular formula is C13H21N3O2. The number of rotatable bonds is 7. The van der Waals surface area contributed by atoms with Crippen molar-refractivity contribution in [3.05, 3.63) is 29.9 Å². The molecule has 1 aromatic heterocycles. The lowest BCUT2D eigenvalue weighted by Gasteiger charge is -2.04. The van der Waals surface area contributed by atoms with Gasteiger partial charge in [-0.2, -0.15) is 0 Å². The van der Waals surface area contributed by atoms with E-state index < -0.39 is 0 Å². The summed E-state index contributed by atoms with van der Waals surface area (Å²) >= 11 is 0. The van der Waals surface area contributed by atoms with E-state index in [1.165, 1.54) is 7.11 Å². The lowest BCUT2D eigenvalue weighted by molar-refractivity contribution is -0.136. The summed E-state index contributed by atoms with van der Waals surface area (Å²) in [7, 11) is 3.38. The summed E-state index contributed by atoms with van der Waals surface area (Å²) in [5, 5.41) is 3.26. The van der Waals surface area contributed by atoms with Crippen LogP contribution in [0, 0.1) is 0 Å². The van der Waals surface area contributed by atoms with Crippen LogP contribution in [-0.4, -0.2) is 35.7 Å². The summed E-state index contributed by atoms with van der Waals surface area (Å²) in [6.07, 6.45) is 7.17. The highest BCUT2D eigenvalue weighted by molar-refractivity contribution is 5.88. The van der Waals surface area contributed by atoms with E-state index in [1.807, 2.05) is 30.8 Å². The molecular weight excluding hydrogens is 230 g/mol. The van der Waals surface area contributed by atoms with Crippen molar-refractivity contribution in [1.82, 2.24) is 14.9 Å². The summed E-state index contributed by atoms with van der Waals surface area (Å²) in [6.45, 7) is 3.44. The molecule has 5 nitrogen and oxygen atoms in total. The Labute approximate surface area is 108 Å². The minimum Gasteiger partial charge on any atom is -0.466 e. The number of hydrogen-bond acceptors (Lipinski definition) is 4. The summed E-state index contributed by atoms with van der Waals surface area (Å²) in [5.41, 5.74) is 0.710. The molecule has 0 atom stereocenters. The molecule has 1 rings (SSSR count).